The summed E-state index contributed by atoms with van der Waals surface area (Å²) >= 11 is 0. The van der Waals surface area contributed by atoms with Crippen molar-refractivity contribution in [3.8, 4) is 5.82 Å². The molecule has 3 aromatic rings. The molecule has 106 valence electrons. The molecule has 2 N–H and O–H groups in total. The smallest absolute Gasteiger partial charge is 0.155 e. The molecule has 0 amide bonds. The third-order valence-corrected chi connectivity index (χ3v) is 3.79. The Bertz CT molecular complexity index is 790. The van der Waals surface area contributed by atoms with E-state index in [1.807, 2.05) is 30.5 Å². The highest BCUT2D eigenvalue weighted by atomic mass is 15.3. The number of anilines is 1. The fourth-order valence-electron chi connectivity index (χ4n) is 2.45. The van der Waals surface area contributed by atoms with Gasteiger partial charge in [-0.1, -0.05) is 6.07 Å². The number of fused-ring (bicyclic) bond motifs is 1. The monoisotopic (exact) mass is 280 g/mol. The topological polar surface area (TPSA) is 72.9 Å². The van der Waals surface area contributed by atoms with E-state index in [0.717, 1.165) is 41.3 Å². The van der Waals surface area contributed by atoms with Crippen molar-refractivity contribution in [3.05, 3.63) is 42.4 Å². The summed E-state index contributed by atoms with van der Waals surface area (Å²) in [6.45, 7) is 2.59. The number of rotatable bonds is 3. The maximum absolute atomic E-state index is 5.62. The first-order valence-electron chi connectivity index (χ1n) is 7.10. The molecular weight excluding hydrogens is 264 g/mol. The summed E-state index contributed by atoms with van der Waals surface area (Å²) in [6.07, 6.45) is 5.00. The van der Waals surface area contributed by atoms with Crippen LogP contribution in [-0.2, 0) is 6.54 Å². The molecule has 4 rings (SSSR count). The second kappa shape index (κ2) is 4.82. The zero-order valence-corrected chi connectivity index (χ0v) is 11.6. The number of nitrogens with zero attached hydrogens (tertiary/aromatic N) is 5. The molecule has 0 saturated carbocycles. The van der Waals surface area contributed by atoms with E-state index in [0.29, 0.717) is 6.54 Å². The van der Waals surface area contributed by atoms with Crippen LogP contribution in [0.3, 0.4) is 0 Å². The van der Waals surface area contributed by atoms with Gasteiger partial charge in [0.05, 0.1) is 11.2 Å². The van der Waals surface area contributed by atoms with Crippen LogP contribution in [0.2, 0.25) is 0 Å². The number of hydrogen-bond acceptors (Lipinski definition) is 5. The Labute approximate surface area is 122 Å². The van der Waals surface area contributed by atoms with Crippen molar-refractivity contribution in [3.63, 3.8) is 0 Å². The van der Waals surface area contributed by atoms with Gasteiger partial charge in [-0.2, -0.15) is 5.10 Å². The zero-order chi connectivity index (χ0) is 14.2. The van der Waals surface area contributed by atoms with E-state index in [2.05, 4.69) is 20.0 Å². The Hall–Kier alpha value is -2.47. The molecule has 4 heterocycles. The minimum atomic E-state index is 0.422. The molecule has 0 spiro atoms. The molecule has 6 nitrogen and oxygen atoms in total. The molecule has 6 heteroatoms. The van der Waals surface area contributed by atoms with E-state index in [9.17, 15) is 0 Å². The maximum atomic E-state index is 5.62. The van der Waals surface area contributed by atoms with Gasteiger partial charge in [-0.3, -0.25) is 4.98 Å². The summed E-state index contributed by atoms with van der Waals surface area (Å²) in [6, 6.07) is 7.95. The molecule has 0 aromatic carbocycles. The molecule has 0 bridgehead atoms. The number of hydrogen-bond donors (Lipinski definition) is 1. The molecule has 1 aliphatic heterocycles. The van der Waals surface area contributed by atoms with E-state index in [4.69, 9.17) is 5.73 Å². The van der Waals surface area contributed by atoms with Gasteiger partial charge in [0.2, 0.25) is 0 Å². The lowest BCUT2D eigenvalue weighted by atomic mass is 10.2. The highest BCUT2D eigenvalue weighted by molar-refractivity contribution is 5.77. The first-order chi connectivity index (χ1) is 10.3. The standard InChI is InChI=1S/C15H16N6/c16-8-12-7-13-11(9-17-12)10-21(19-13)15-4-1-3-14(18-15)20-5-2-6-20/h1,3-4,7,9-10H,2,5-6,8,16H2. The SMILES string of the molecule is NCc1cc2nn(-c3cccc(N4CCC4)n3)cc2cn1. The van der Waals surface area contributed by atoms with Crippen LogP contribution in [0.4, 0.5) is 5.82 Å². The zero-order valence-electron chi connectivity index (χ0n) is 11.6. The minimum absolute atomic E-state index is 0.422. The maximum Gasteiger partial charge on any atom is 0.155 e. The Morgan fingerprint density at radius 1 is 1.19 bits per heavy atom. The Morgan fingerprint density at radius 3 is 2.81 bits per heavy atom. The van der Waals surface area contributed by atoms with Gasteiger partial charge in [0.15, 0.2) is 5.82 Å². The largest absolute Gasteiger partial charge is 0.356 e. The van der Waals surface area contributed by atoms with Crippen LogP contribution >= 0.6 is 0 Å². The predicted molar refractivity (Wildman–Crippen MR) is 81.4 cm³/mol. The molecular formula is C15H16N6. The molecule has 0 aliphatic carbocycles. The van der Waals surface area contributed by atoms with Gasteiger partial charge in [-0.05, 0) is 24.6 Å². The van der Waals surface area contributed by atoms with Crippen LogP contribution in [0.25, 0.3) is 16.7 Å². The van der Waals surface area contributed by atoms with Crippen LogP contribution in [0, 0.1) is 0 Å². The van der Waals surface area contributed by atoms with Gasteiger partial charge < -0.3 is 10.6 Å². The third kappa shape index (κ3) is 2.13. The van der Waals surface area contributed by atoms with Gasteiger partial charge in [0, 0.05) is 37.4 Å². The summed E-state index contributed by atoms with van der Waals surface area (Å²) in [5.74, 6) is 1.84. The van der Waals surface area contributed by atoms with Crippen LogP contribution in [0.5, 0.6) is 0 Å². The van der Waals surface area contributed by atoms with Crippen LogP contribution in [0.15, 0.2) is 36.7 Å². The molecule has 0 unspecified atom stereocenters. The van der Waals surface area contributed by atoms with Crippen molar-refractivity contribution in [2.75, 3.05) is 18.0 Å². The summed E-state index contributed by atoms with van der Waals surface area (Å²) in [7, 11) is 0. The quantitative estimate of drug-likeness (QED) is 0.786. The minimum Gasteiger partial charge on any atom is -0.356 e. The summed E-state index contributed by atoms with van der Waals surface area (Å²) < 4.78 is 1.80. The van der Waals surface area contributed by atoms with E-state index >= 15 is 0 Å². The normalized spacial score (nSPS) is 14.4. The fourth-order valence-corrected chi connectivity index (χ4v) is 2.45. The lowest BCUT2D eigenvalue weighted by Crippen LogP contribution is -2.37. The fraction of sp³-hybridized carbons (Fsp3) is 0.267. The van der Waals surface area contributed by atoms with Crippen molar-refractivity contribution in [1.29, 1.82) is 0 Å². The number of nitrogens with two attached hydrogens (primary N) is 1. The van der Waals surface area contributed by atoms with E-state index in [1.54, 1.807) is 10.9 Å². The van der Waals surface area contributed by atoms with Gasteiger partial charge in [0.1, 0.15) is 5.82 Å². The molecule has 0 radical (unpaired) electrons. The molecule has 1 aliphatic rings. The van der Waals surface area contributed by atoms with Crippen molar-refractivity contribution in [2.24, 2.45) is 5.73 Å². The molecule has 1 fully saturated rings. The summed E-state index contributed by atoms with van der Waals surface area (Å²) in [5, 5.41) is 5.57. The lowest BCUT2D eigenvalue weighted by Gasteiger charge is -2.32. The molecule has 21 heavy (non-hydrogen) atoms. The number of aromatic nitrogens is 4. The van der Waals surface area contributed by atoms with Crippen LogP contribution in [0.1, 0.15) is 12.1 Å². The second-order valence-corrected chi connectivity index (χ2v) is 5.21. The van der Waals surface area contributed by atoms with Gasteiger partial charge in [-0.25, -0.2) is 9.67 Å². The first-order valence-corrected chi connectivity index (χ1v) is 7.10. The van der Waals surface area contributed by atoms with Gasteiger partial charge >= 0.3 is 0 Å². The van der Waals surface area contributed by atoms with Crippen molar-refractivity contribution in [1.82, 2.24) is 19.7 Å². The van der Waals surface area contributed by atoms with Crippen molar-refractivity contribution in [2.45, 2.75) is 13.0 Å². The van der Waals surface area contributed by atoms with Crippen molar-refractivity contribution >= 4 is 16.7 Å². The third-order valence-electron chi connectivity index (χ3n) is 3.79. The van der Waals surface area contributed by atoms with Crippen molar-refractivity contribution < 1.29 is 0 Å². The highest BCUT2D eigenvalue weighted by Gasteiger charge is 2.16. The second-order valence-electron chi connectivity index (χ2n) is 5.21. The predicted octanol–water partition coefficient (Wildman–Crippen LogP) is 1.48. The van der Waals surface area contributed by atoms with E-state index < -0.39 is 0 Å². The Kier molecular flexibility index (Phi) is 2.82. The Morgan fingerprint density at radius 2 is 2.05 bits per heavy atom. The van der Waals surface area contributed by atoms with Crippen LogP contribution in [-0.4, -0.2) is 32.8 Å². The van der Waals surface area contributed by atoms with Gasteiger partial charge in [0.25, 0.3) is 0 Å². The van der Waals surface area contributed by atoms with Crippen LogP contribution < -0.4 is 10.6 Å². The molecule has 1 saturated heterocycles. The average Bonchev–Trinajstić information content (AvgIpc) is 2.88. The molecule has 0 atom stereocenters. The van der Waals surface area contributed by atoms with E-state index in [-0.39, 0.29) is 0 Å². The molecule has 3 aromatic heterocycles. The Balaban J connectivity index is 1.75. The van der Waals surface area contributed by atoms with E-state index in [1.165, 1.54) is 6.42 Å². The van der Waals surface area contributed by atoms with Gasteiger partial charge in [-0.15, -0.1) is 0 Å². The summed E-state index contributed by atoms with van der Waals surface area (Å²) in [5.41, 5.74) is 7.35. The summed E-state index contributed by atoms with van der Waals surface area (Å²) in [4.78, 5) is 11.2. The highest BCUT2D eigenvalue weighted by Crippen LogP contribution is 2.20. The number of pyridine rings is 2. The average molecular weight is 280 g/mol. The first kappa shape index (κ1) is 12.3. The lowest BCUT2D eigenvalue weighted by molar-refractivity contribution is 0.608.